The summed E-state index contributed by atoms with van der Waals surface area (Å²) in [5, 5.41) is 3.22. The van der Waals surface area contributed by atoms with Gasteiger partial charge in [-0.05, 0) is 24.3 Å². The van der Waals surface area contributed by atoms with Gasteiger partial charge >= 0.3 is 5.97 Å². The number of rotatable bonds is 6. The van der Waals surface area contributed by atoms with Crippen molar-refractivity contribution in [1.82, 2.24) is 19.2 Å². The third-order valence-electron chi connectivity index (χ3n) is 4.37. The molecule has 1 aromatic heterocycles. The molecule has 1 aromatic carbocycles. The van der Waals surface area contributed by atoms with Crippen molar-refractivity contribution in [1.29, 1.82) is 0 Å². The second-order valence-corrected chi connectivity index (χ2v) is 7.96. The minimum absolute atomic E-state index is 0. The first kappa shape index (κ1) is 22.2. The predicted octanol–water partition coefficient (Wildman–Crippen LogP) is 0.729. The molecule has 0 bridgehead atoms. The van der Waals surface area contributed by atoms with E-state index in [1.54, 1.807) is 12.4 Å². The molecule has 1 unspecified atom stereocenters. The van der Waals surface area contributed by atoms with Crippen LogP contribution in [0.3, 0.4) is 0 Å². The summed E-state index contributed by atoms with van der Waals surface area (Å²) in [7, 11) is -0.601. The Labute approximate surface area is 170 Å². The van der Waals surface area contributed by atoms with Crippen molar-refractivity contribution >= 4 is 28.4 Å². The van der Waals surface area contributed by atoms with Crippen LogP contribution >= 0.6 is 12.4 Å². The summed E-state index contributed by atoms with van der Waals surface area (Å²) >= 11 is 0. The van der Waals surface area contributed by atoms with E-state index in [9.17, 15) is 13.2 Å². The lowest BCUT2D eigenvalue weighted by Gasteiger charge is -2.34. The van der Waals surface area contributed by atoms with Crippen molar-refractivity contribution in [3.63, 3.8) is 0 Å². The summed E-state index contributed by atoms with van der Waals surface area (Å²) in [6.07, 6.45) is 3.45. The number of nitrogens with one attached hydrogen (secondary N) is 1. The number of carbonyl (C=O) groups excluding carboxylic acids is 1. The molecule has 154 valence electrons. The van der Waals surface area contributed by atoms with Crippen LogP contribution in [0.5, 0.6) is 5.75 Å². The average Bonchev–Trinajstić information content (AvgIpc) is 3.12. The van der Waals surface area contributed by atoms with E-state index in [4.69, 9.17) is 4.74 Å². The molecular formula is C17H23ClN4O5S. The number of hydrogen-bond acceptors (Lipinski definition) is 7. The molecule has 1 N–H and O–H groups in total. The lowest BCUT2D eigenvalue weighted by molar-refractivity contribution is -0.142. The number of methoxy groups -OCH3 is 1. The molecule has 2 heterocycles. The van der Waals surface area contributed by atoms with E-state index in [1.165, 1.54) is 35.7 Å². The number of halogens is 1. The standard InChI is InChI=1S/C17H22N4O5S.ClH/c1-20-9-8-19-17(20)15-11-18-7-10-21(15)27(23,24)14-5-3-13(4-6-14)26-12-16(22)25-2;/h3-6,8-9,15,18H,7,10-12H2,1-2H3;1H. The molecule has 0 saturated carbocycles. The molecule has 1 saturated heterocycles. The Kier molecular flexibility index (Phi) is 7.41. The first-order valence-electron chi connectivity index (χ1n) is 8.43. The zero-order valence-electron chi connectivity index (χ0n) is 15.6. The molecule has 3 rings (SSSR count). The molecule has 0 radical (unpaired) electrons. The van der Waals surface area contributed by atoms with Gasteiger partial charge in [0, 0.05) is 39.1 Å². The summed E-state index contributed by atoms with van der Waals surface area (Å²) in [6.45, 7) is 1.17. The fourth-order valence-electron chi connectivity index (χ4n) is 2.94. The van der Waals surface area contributed by atoms with E-state index >= 15 is 0 Å². The Morgan fingerprint density at radius 2 is 2.04 bits per heavy atom. The van der Waals surface area contributed by atoms with Gasteiger partial charge < -0.3 is 19.4 Å². The maximum Gasteiger partial charge on any atom is 0.343 e. The number of benzene rings is 1. The summed E-state index contributed by atoms with van der Waals surface area (Å²) in [6, 6.07) is 5.60. The number of aryl methyl sites for hydroxylation is 1. The highest BCUT2D eigenvalue weighted by Gasteiger charge is 2.36. The van der Waals surface area contributed by atoms with Gasteiger partial charge in [0.1, 0.15) is 11.6 Å². The lowest BCUT2D eigenvalue weighted by atomic mass is 10.2. The lowest BCUT2D eigenvalue weighted by Crippen LogP contribution is -2.49. The molecule has 0 amide bonds. The Morgan fingerprint density at radius 3 is 2.64 bits per heavy atom. The Hall–Kier alpha value is -2.14. The average molecular weight is 431 g/mol. The zero-order chi connectivity index (χ0) is 19.4. The van der Waals surface area contributed by atoms with Crippen LogP contribution in [-0.2, 0) is 26.6 Å². The molecule has 2 aromatic rings. The molecule has 1 fully saturated rings. The first-order chi connectivity index (χ1) is 12.9. The number of hydrogen-bond donors (Lipinski definition) is 1. The van der Waals surface area contributed by atoms with Crippen molar-refractivity contribution in [2.45, 2.75) is 10.9 Å². The SMILES string of the molecule is COC(=O)COc1ccc(S(=O)(=O)N2CCNCC2c2nccn2C)cc1.Cl. The van der Waals surface area contributed by atoms with Crippen LogP contribution in [-0.4, -0.2) is 61.6 Å². The van der Waals surface area contributed by atoms with Crippen LogP contribution in [0.25, 0.3) is 0 Å². The van der Waals surface area contributed by atoms with E-state index in [0.29, 0.717) is 31.2 Å². The van der Waals surface area contributed by atoms with Gasteiger partial charge in [-0.2, -0.15) is 4.31 Å². The molecule has 28 heavy (non-hydrogen) atoms. The van der Waals surface area contributed by atoms with Gasteiger partial charge in [-0.3, -0.25) is 0 Å². The Bertz CT molecular complexity index is 901. The molecule has 0 spiro atoms. The third kappa shape index (κ3) is 4.64. The molecule has 11 heteroatoms. The highest BCUT2D eigenvalue weighted by atomic mass is 35.5. The fraction of sp³-hybridized carbons (Fsp3) is 0.412. The molecule has 9 nitrogen and oxygen atoms in total. The van der Waals surface area contributed by atoms with Crippen LogP contribution in [0.4, 0.5) is 0 Å². The van der Waals surface area contributed by atoms with Gasteiger partial charge in [0.15, 0.2) is 6.61 Å². The smallest absolute Gasteiger partial charge is 0.343 e. The maximum atomic E-state index is 13.2. The number of aromatic nitrogens is 2. The topological polar surface area (TPSA) is 103 Å². The Morgan fingerprint density at radius 1 is 1.32 bits per heavy atom. The Balaban J connectivity index is 0.00000280. The van der Waals surface area contributed by atoms with Crippen molar-refractivity contribution in [2.75, 3.05) is 33.4 Å². The van der Waals surface area contributed by atoms with Gasteiger partial charge in [-0.25, -0.2) is 18.2 Å². The molecule has 0 aliphatic carbocycles. The summed E-state index contributed by atoms with van der Waals surface area (Å²) in [4.78, 5) is 15.6. The van der Waals surface area contributed by atoms with Crippen LogP contribution in [0.2, 0.25) is 0 Å². The number of ether oxygens (including phenoxy) is 2. The highest BCUT2D eigenvalue weighted by molar-refractivity contribution is 7.89. The van der Waals surface area contributed by atoms with Crippen LogP contribution in [0, 0.1) is 0 Å². The molecule has 1 aliphatic rings. The number of carbonyl (C=O) groups is 1. The fourth-order valence-corrected chi connectivity index (χ4v) is 4.52. The summed E-state index contributed by atoms with van der Waals surface area (Å²) < 4.78 is 39.4. The second-order valence-electron chi connectivity index (χ2n) is 6.07. The van der Waals surface area contributed by atoms with Gasteiger partial charge in [0.25, 0.3) is 0 Å². The van der Waals surface area contributed by atoms with E-state index in [1.807, 2.05) is 11.6 Å². The minimum atomic E-state index is -3.71. The van der Waals surface area contributed by atoms with Crippen molar-refractivity contribution < 1.29 is 22.7 Å². The second kappa shape index (κ2) is 9.37. The quantitative estimate of drug-likeness (QED) is 0.674. The van der Waals surface area contributed by atoms with Crippen LogP contribution in [0.15, 0.2) is 41.6 Å². The van der Waals surface area contributed by atoms with E-state index in [2.05, 4.69) is 15.0 Å². The van der Waals surface area contributed by atoms with E-state index in [0.717, 1.165) is 0 Å². The zero-order valence-corrected chi connectivity index (χ0v) is 17.2. The minimum Gasteiger partial charge on any atom is -0.482 e. The van der Waals surface area contributed by atoms with Gasteiger partial charge in [-0.15, -0.1) is 12.4 Å². The number of esters is 1. The largest absolute Gasteiger partial charge is 0.482 e. The maximum absolute atomic E-state index is 13.2. The number of nitrogens with zero attached hydrogens (tertiary/aromatic N) is 3. The summed E-state index contributed by atoms with van der Waals surface area (Å²) in [5.74, 6) is 0.564. The van der Waals surface area contributed by atoms with Gasteiger partial charge in [-0.1, -0.05) is 0 Å². The number of piperazine rings is 1. The number of sulfonamides is 1. The molecule has 1 atom stereocenters. The van der Waals surface area contributed by atoms with E-state index in [-0.39, 0.29) is 30.0 Å². The monoisotopic (exact) mass is 430 g/mol. The van der Waals surface area contributed by atoms with Gasteiger partial charge in [0.2, 0.25) is 10.0 Å². The summed E-state index contributed by atoms with van der Waals surface area (Å²) in [5.41, 5.74) is 0. The first-order valence-corrected chi connectivity index (χ1v) is 9.87. The van der Waals surface area contributed by atoms with Crippen LogP contribution < -0.4 is 10.1 Å². The van der Waals surface area contributed by atoms with Crippen molar-refractivity contribution in [3.05, 3.63) is 42.5 Å². The highest BCUT2D eigenvalue weighted by Crippen LogP contribution is 2.28. The van der Waals surface area contributed by atoms with Crippen LogP contribution in [0.1, 0.15) is 11.9 Å². The normalized spacial score (nSPS) is 17.6. The van der Waals surface area contributed by atoms with Gasteiger partial charge in [0.05, 0.1) is 18.0 Å². The van der Waals surface area contributed by atoms with Crippen molar-refractivity contribution in [3.8, 4) is 5.75 Å². The predicted molar refractivity (Wildman–Crippen MR) is 104 cm³/mol. The molecular weight excluding hydrogens is 408 g/mol. The van der Waals surface area contributed by atoms with E-state index < -0.39 is 16.0 Å². The third-order valence-corrected chi connectivity index (χ3v) is 6.29. The molecule has 1 aliphatic heterocycles. The van der Waals surface area contributed by atoms with Crippen molar-refractivity contribution in [2.24, 2.45) is 7.05 Å². The number of imidazole rings is 1.